The topological polar surface area (TPSA) is 40.5 Å². The molecule has 1 aliphatic heterocycles. The number of aliphatic carboxylic acids is 1. The molecule has 2 atom stereocenters. The number of likely N-dealkylation sites (tertiary alicyclic amines) is 1. The molecule has 1 aliphatic rings. The summed E-state index contributed by atoms with van der Waals surface area (Å²) >= 11 is 0. The number of hydrogen-bond acceptors (Lipinski definition) is 2. The van der Waals surface area contributed by atoms with Gasteiger partial charge < -0.3 is 5.11 Å². The third-order valence-electron chi connectivity index (χ3n) is 2.94. The number of carboxylic acid groups (broad SMARTS) is 1. The summed E-state index contributed by atoms with van der Waals surface area (Å²) in [4.78, 5) is 13.1. The van der Waals surface area contributed by atoms with Gasteiger partial charge >= 0.3 is 5.97 Å². The van der Waals surface area contributed by atoms with Crippen molar-refractivity contribution in [1.82, 2.24) is 4.90 Å². The standard InChI is InChI=1S/C11H19NO2/c1-3-4-6-12-7-5-10(11(13)14)8-9(12)2/h3-4,9-10H,5-8H2,1-2H3,(H,13,14)/b4-3+. The van der Waals surface area contributed by atoms with Crippen LogP contribution >= 0.6 is 0 Å². The van der Waals surface area contributed by atoms with Gasteiger partial charge in [0.1, 0.15) is 0 Å². The number of carboxylic acids is 1. The van der Waals surface area contributed by atoms with Gasteiger partial charge in [0.05, 0.1) is 5.92 Å². The fraction of sp³-hybridized carbons (Fsp3) is 0.727. The minimum atomic E-state index is -0.637. The van der Waals surface area contributed by atoms with Gasteiger partial charge in [-0.3, -0.25) is 9.69 Å². The predicted molar refractivity (Wildman–Crippen MR) is 56.2 cm³/mol. The third kappa shape index (κ3) is 2.84. The van der Waals surface area contributed by atoms with Gasteiger partial charge in [-0.05, 0) is 33.2 Å². The zero-order valence-electron chi connectivity index (χ0n) is 8.94. The number of carbonyl (C=O) groups is 1. The summed E-state index contributed by atoms with van der Waals surface area (Å²) in [5.41, 5.74) is 0. The molecule has 3 heteroatoms. The lowest BCUT2D eigenvalue weighted by Crippen LogP contribution is -2.42. The second-order valence-electron chi connectivity index (χ2n) is 3.97. The van der Waals surface area contributed by atoms with Crippen LogP contribution in [0, 0.1) is 5.92 Å². The van der Waals surface area contributed by atoms with Crippen LogP contribution in [0.1, 0.15) is 26.7 Å². The van der Waals surface area contributed by atoms with Gasteiger partial charge in [-0.25, -0.2) is 0 Å². The number of allylic oxidation sites excluding steroid dienone is 1. The maximum Gasteiger partial charge on any atom is 0.306 e. The van der Waals surface area contributed by atoms with Crippen LogP contribution in [0.2, 0.25) is 0 Å². The Kier molecular flexibility index (Phi) is 4.14. The van der Waals surface area contributed by atoms with E-state index in [1.807, 2.05) is 13.0 Å². The first-order valence-electron chi connectivity index (χ1n) is 5.23. The van der Waals surface area contributed by atoms with E-state index in [4.69, 9.17) is 5.11 Å². The van der Waals surface area contributed by atoms with Crippen molar-refractivity contribution >= 4 is 5.97 Å². The molecule has 1 N–H and O–H groups in total. The normalized spacial score (nSPS) is 29.6. The number of nitrogens with zero attached hydrogens (tertiary/aromatic N) is 1. The van der Waals surface area contributed by atoms with E-state index in [0.717, 1.165) is 25.9 Å². The summed E-state index contributed by atoms with van der Waals surface area (Å²) in [5, 5.41) is 8.89. The van der Waals surface area contributed by atoms with E-state index >= 15 is 0 Å². The summed E-state index contributed by atoms with van der Waals surface area (Å²) in [5.74, 6) is -0.769. The van der Waals surface area contributed by atoms with Crippen molar-refractivity contribution in [3.8, 4) is 0 Å². The van der Waals surface area contributed by atoms with Crippen LogP contribution in [-0.4, -0.2) is 35.1 Å². The van der Waals surface area contributed by atoms with Gasteiger partial charge in [-0.1, -0.05) is 12.2 Å². The zero-order chi connectivity index (χ0) is 10.6. The van der Waals surface area contributed by atoms with Crippen molar-refractivity contribution in [1.29, 1.82) is 0 Å². The Balaban J connectivity index is 2.43. The van der Waals surface area contributed by atoms with E-state index in [0.29, 0.717) is 6.04 Å². The Hall–Kier alpha value is -0.830. The molecule has 0 aromatic rings. The van der Waals surface area contributed by atoms with E-state index in [1.165, 1.54) is 0 Å². The first kappa shape index (κ1) is 11.2. The zero-order valence-corrected chi connectivity index (χ0v) is 8.94. The number of rotatable bonds is 3. The fourth-order valence-electron chi connectivity index (χ4n) is 1.96. The Morgan fingerprint density at radius 2 is 2.36 bits per heavy atom. The van der Waals surface area contributed by atoms with Crippen LogP contribution in [-0.2, 0) is 4.79 Å². The molecule has 1 saturated heterocycles. The first-order valence-corrected chi connectivity index (χ1v) is 5.23. The minimum Gasteiger partial charge on any atom is -0.481 e. The molecular weight excluding hydrogens is 178 g/mol. The molecule has 0 radical (unpaired) electrons. The SMILES string of the molecule is C/C=C/CN1CCC(C(=O)O)CC1C. The molecule has 0 saturated carbocycles. The molecule has 0 aromatic heterocycles. The van der Waals surface area contributed by atoms with Crippen LogP contribution in [0.25, 0.3) is 0 Å². The van der Waals surface area contributed by atoms with Crippen molar-refractivity contribution in [2.24, 2.45) is 5.92 Å². The first-order chi connectivity index (χ1) is 6.65. The number of hydrogen-bond donors (Lipinski definition) is 1. The predicted octanol–water partition coefficient (Wildman–Crippen LogP) is 1.75. The summed E-state index contributed by atoms with van der Waals surface area (Å²) in [7, 11) is 0. The molecule has 0 aliphatic carbocycles. The van der Waals surface area contributed by atoms with Crippen LogP contribution < -0.4 is 0 Å². The minimum absolute atomic E-state index is 0.133. The average molecular weight is 197 g/mol. The Labute approximate surface area is 85.4 Å². The van der Waals surface area contributed by atoms with Gasteiger partial charge in [-0.15, -0.1) is 0 Å². The molecule has 0 spiro atoms. The lowest BCUT2D eigenvalue weighted by atomic mass is 9.92. The van der Waals surface area contributed by atoms with Crippen molar-refractivity contribution in [3.63, 3.8) is 0 Å². The quantitative estimate of drug-likeness (QED) is 0.701. The second kappa shape index (κ2) is 5.15. The van der Waals surface area contributed by atoms with Gasteiger partial charge in [0.25, 0.3) is 0 Å². The van der Waals surface area contributed by atoms with Crippen LogP contribution in [0.5, 0.6) is 0 Å². The summed E-state index contributed by atoms with van der Waals surface area (Å²) < 4.78 is 0. The lowest BCUT2D eigenvalue weighted by Gasteiger charge is -2.35. The van der Waals surface area contributed by atoms with Crippen molar-refractivity contribution in [3.05, 3.63) is 12.2 Å². The maximum atomic E-state index is 10.8. The molecular formula is C11H19NO2. The van der Waals surface area contributed by atoms with Crippen molar-refractivity contribution in [2.45, 2.75) is 32.7 Å². The lowest BCUT2D eigenvalue weighted by molar-refractivity contribution is -0.143. The molecule has 0 aromatic carbocycles. The molecule has 14 heavy (non-hydrogen) atoms. The maximum absolute atomic E-state index is 10.8. The Bertz CT molecular complexity index is 225. The number of piperidine rings is 1. The van der Waals surface area contributed by atoms with E-state index in [2.05, 4.69) is 17.9 Å². The Morgan fingerprint density at radius 1 is 1.64 bits per heavy atom. The summed E-state index contributed by atoms with van der Waals surface area (Å²) in [6.07, 6.45) is 5.73. The molecule has 0 bridgehead atoms. The van der Waals surface area contributed by atoms with Gasteiger partial charge in [0.2, 0.25) is 0 Å². The summed E-state index contributed by atoms with van der Waals surface area (Å²) in [6, 6.07) is 0.390. The van der Waals surface area contributed by atoms with Crippen LogP contribution in [0.4, 0.5) is 0 Å². The monoisotopic (exact) mass is 197 g/mol. The highest BCUT2D eigenvalue weighted by Gasteiger charge is 2.28. The highest BCUT2D eigenvalue weighted by Crippen LogP contribution is 2.22. The molecule has 1 heterocycles. The van der Waals surface area contributed by atoms with Crippen molar-refractivity contribution in [2.75, 3.05) is 13.1 Å². The smallest absolute Gasteiger partial charge is 0.306 e. The fourth-order valence-corrected chi connectivity index (χ4v) is 1.96. The molecule has 2 unspecified atom stereocenters. The van der Waals surface area contributed by atoms with E-state index in [1.54, 1.807) is 0 Å². The highest BCUT2D eigenvalue weighted by atomic mass is 16.4. The summed E-state index contributed by atoms with van der Waals surface area (Å²) in [6.45, 7) is 5.97. The molecule has 1 fully saturated rings. The average Bonchev–Trinajstić information content (AvgIpc) is 2.15. The Morgan fingerprint density at radius 3 is 2.86 bits per heavy atom. The second-order valence-corrected chi connectivity index (χ2v) is 3.97. The van der Waals surface area contributed by atoms with Gasteiger partial charge in [0.15, 0.2) is 0 Å². The van der Waals surface area contributed by atoms with Gasteiger partial charge in [0, 0.05) is 12.6 Å². The largest absolute Gasteiger partial charge is 0.481 e. The van der Waals surface area contributed by atoms with Gasteiger partial charge in [-0.2, -0.15) is 0 Å². The molecule has 1 rings (SSSR count). The van der Waals surface area contributed by atoms with Crippen LogP contribution in [0.15, 0.2) is 12.2 Å². The van der Waals surface area contributed by atoms with Crippen LogP contribution in [0.3, 0.4) is 0 Å². The molecule has 80 valence electrons. The van der Waals surface area contributed by atoms with Crippen molar-refractivity contribution < 1.29 is 9.90 Å². The van der Waals surface area contributed by atoms with E-state index in [9.17, 15) is 4.79 Å². The van der Waals surface area contributed by atoms with E-state index in [-0.39, 0.29) is 5.92 Å². The van der Waals surface area contributed by atoms with E-state index < -0.39 is 5.97 Å². The molecule has 3 nitrogen and oxygen atoms in total. The molecule has 0 amide bonds. The highest BCUT2D eigenvalue weighted by molar-refractivity contribution is 5.70. The third-order valence-corrected chi connectivity index (χ3v) is 2.94.